The third kappa shape index (κ3) is 11.4. The first-order valence-corrected chi connectivity index (χ1v) is 9.54. The number of phosphoric ester groups is 1. The Hall–Kier alpha value is -1.17. The minimum absolute atomic E-state index is 0.171. The molecule has 0 heterocycles. The number of hydrogen-bond acceptors (Lipinski definition) is 4. The van der Waals surface area contributed by atoms with Crippen LogP contribution < -0.4 is 0 Å². The quantitative estimate of drug-likeness (QED) is 0.269. The number of phosphoric acid groups is 1. The average Bonchev–Trinajstić information content (AvgIpc) is 2.49. The second-order valence-corrected chi connectivity index (χ2v) is 7.89. The number of nitrogens with zero attached hydrogens (tertiary/aromatic N) is 1. The van der Waals surface area contributed by atoms with Gasteiger partial charge in [0.25, 0.3) is 0 Å². The summed E-state index contributed by atoms with van der Waals surface area (Å²) in [5, 5.41) is 0. The van der Waals surface area contributed by atoms with E-state index in [4.69, 9.17) is 13.8 Å². The molecule has 1 rings (SSSR count). The van der Waals surface area contributed by atoms with Gasteiger partial charge in [0.15, 0.2) is 0 Å². The van der Waals surface area contributed by atoms with Crippen LogP contribution in [0, 0.1) is 0 Å². The molecule has 136 valence electrons. The Bertz CT molecular complexity index is 528. The van der Waals surface area contributed by atoms with Crippen molar-refractivity contribution in [3.63, 3.8) is 0 Å². The molecule has 1 aromatic carbocycles. The molecule has 0 aliphatic heterocycles. The number of hydrogen-bond donors (Lipinski definition) is 1. The van der Waals surface area contributed by atoms with Crippen molar-refractivity contribution in [2.75, 3.05) is 47.5 Å². The van der Waals surface area contributed by atoms with Crippen LogP contribution in [0.5, 0.6) is 0 Å². The lowest BCUT2D eigenvalue weighted by Gasteiger charge is -2.24. The molecule has 0 amide bonds. The average molecular weight is 358 g/mol. The van der Waals surface area contributed by atoms with Gasteiger partial charge in [-0.1, -0.05) is 30.3 Å². The van der Waals surface area contributed by atoms with E-state index < -0.39 is 7.82 Å². The highest BCUT2D eigenvalue weighted by Crippen LogP contribution is 2.43. The molecule has 1 atom stereocenters. The summed E-state index contributed by atoms with van der Waals surface area (Å²) in [6, 6.07) is 9.87. The number of rotatable bonds is 12. The maximum Gasteiger partial charge on any atom is 0.472 e. The fraction of sp³-hybridized carbons (Fsp3) is 0.529. The molecule has 6 nitrogen and oxygen atoms in total. The van der Waals surface area contributed by atoms with E-state index >= 15 is 0 Å². The molecule has 0 fully saturated rings. The summed E-state index contributed by atoms with van der Waals surface area (Å²) < 4.78 is 27.5. The van der Waals surface area contributed by atoms with Crippen molar-refractivity contribution in [1.82, 2.24) is 0 Å². The van der Waals surface area contributed by atoms with Gasteiger partial charge in [-0.15, -0.1) is 0 Å². The highest BCUT2D eigenvalue weighted by molar-refractivity contribution is 7.47. The molecule has 24 heavy (non-hydrogen) atoms. The summed E-state index contributed by atoms with van der Waals surface area (Å²) in [5.41, 5.74) is 1.08. The van der Waals surface area contributed by atoms with Gasteiger partial charge in [0.1, 0.15) is 13.2 Å². The van der Waals surface area contributed by atoms with E-state index in [1.807, 2.05) is 57.6 Å². The molecule has 1 N–H and O–H groups in total. The lowest BCUT2D eigenvalue weighted by atomic mass is 10.2. The minimum Gasteiger partial charge on any atom is -0.501 e. The van der Waals surface area contributed by atoms with Gasteiger partial charge in [-0.2, -0.15) is 0 Å². The van der Waals surface area contributed by atoms with Crippen molar-refractivity contribution in [3.8, 4) is 0 Å². The summed E-state index contributed by atoms with van der Waals surface area (Å²) in [4.78, 5) is 9.54. The van der Waals surface area contributed by atoms with Gasteiger partial charge in [0, 0.05) is 0 Å². The first-order chi connectivity index (χ1) is 11.3. The molecule has 0 aromatic heterocycles. The van der Waals surface area contributed by atoms with Crippen molar-refractivity contribution >= 4 is 13.9 Å². The molecule has 0 radical (unpaired) electrons. The number of unbranched alkanes of at least 4 members (excludes halogenated alkanes) is 1. The monoisotopic (exact) mass is 358 g/mol. The van der Waals surface area contributed by atoms with Gasteiger partial charge in [-0.3, -0.25) is 9.05 Å². The van der Waals surface area contributed by atoms with E-state index in [9.17, 15) is 9.46 Å². The third-order valence-corrected chi connectivity index (χ3v) is 4.10. The van der Waals surface area contributed by atoms with Crippen LogP contribution >= 0.6 is 7.82 Å². The first kappa shape index (κ1) is 20.9. The van der Waals surface area contributed by atoms with Crippen LogP contribution in [0.4, 0.5) is 0 Å². The SMILES string of the molecule is C[N+](C)(C)CCOP(=O)(O)OCCCCOC=Cc1ccccc1. The zero-order valence-electron chi connectivity index (χ0n) is 14.8. The van der Waals surface area contributed by atoms with Gasteiger partial charge in [-0.25, -0.2) is 4.57 Å². The lowest BCUT2D eigenvalue weighted by molar-refractivity contribution is -0.870. The van der Waals surface area contributed by atoms with Crippen molar-refractivity contribution < 1.29 is 27.7 Å². The Morgan fingerprint density at radius 2 is 1.67 bits per heavy atom. The molecule has 0 aliphatic rings. The van der Waals surface area contributed by atoms with Crippen LogP contribution in [0.15, 0.2) is 36.6 Å². The predicted octanol–water partition coefficient (Wildman–Crippen LogP) is 3.29. The van der Waals surface area contributed by atoms with Crippen LogP contribution in [-0.4, -0.2) is 56.9 Å². The van der Waals surface area contributed by atoms with E-state index in [1.165, 1.54) is 0 Å². The molecule has 0 saturated carbocycles. The normalized spacial score (nSPS) is 14.7. The predicted molar refractivity (Wildman–Crippen MR) is 95.3 cm³/mol. The van der Waals surface area contributed by atoms with Gasteiger partial charge < -0.3 is 14.1 Å². The Morgan fingerprint density at radius 3 is 2.33 bits per heavy atom. The van der Waals surface area contributed by atoms with Gasteiger partial charge >= 0.3 is 7.82 Å². The number of benzene rings is 1. The van der Waals surface area contributed by atoms with Crippen molar-refractivity contribution in [2.24, 2.45) is 0 Å². The van der Waals surface area contributed by atoms with Crippen LogP contribution in [0.1, 0.15) is 18.4 Å². The van der Waals surface area contributed by atoms with Gasteiger partial charge in [0.2, 0.25) is 0 Å². The summed E-state index contributed by atoms with van der Waals surface area (Å²) >= 11 is 0. The molecule has 7 heteroatoms. The second kappa shape index (κ2) is 10.6. The van der Waals surface area contributed by atoms with Crippen molar-refractivity contribution in [1.29, 1.82) is 0 Å². The maximum absolute atomic E-state index is 11.7. The Morgan fingerprint density at radius 1 is 1.04 bits per heavy atom. The Balaban J connectivity index is 2.04. The van der Waals surface area contributed by atoms with E-state index in [0.29, 0.717) is 24.1 Å². The van der Waals surface area contributed by atoms with Crippen LogP contribution in [0.25, 0.3) is 6.08 Å². The molecule has 0 spiro atoms. The fourth-order valence-electron chi connectivity index (χ4n) is 1.69. The Labute approximate surface area is 144 Å². The fourth-order valence-corrected chi connectivity index (χ4v) is 2.44. The zero-order valence-corrected chi connectivity index (χ0v) is 15.7. The molecular formula is C17H29NO5P+. The minimum atomic E-state index is -3.94. The molecular weight excluding hydrogens is 329 g/mol. The van der Waals surface area contributed by atoms with Crippen molar-refractivity contribution in [3.05, 3.63) is 42.2 Å². The summed E-state index contributed by atoms with van der Waals surface area (Å²) in [6.45, 7) is 1.52. The smallest absolute Gasteiger partial charge is 0.472 e. The van der Waals surface area contributed by atoms with Crippen molar-refractivity contribution in [2.45, 2.75) is 12.8 Å². The summed E-state index contributed by atoms with van der Waals surface area (Å²) in [6.07, 6.45) is 4.90. The second-order valence-electron chi connectivity index (χ2n) is 6.44. The molecule has 0 bridgehead atoms. The molecule has 0 saturated heterocycles. The topological polar surface area (TPSA) is 65.0 Å². The number of quaternary nitrogens is 1. The lowest BCUT2D eigenvalue weighted by Crippen LogP contribution is -2.37. The Kier molecular flexibility index (Phi) is 9.26. The molecule has 1 unspecified atom stereocenters. The molecule has 1 aromatic rings. The van der Waals surface area contributed by atoms with Gasteiger partial charge in [-0.05, 0) is 24.5 Å². The zero-order chi connectivity index (χ0) is 17.9. The first-order valence-electron chi connectivity index (χ1n) is 8.04. The van der Waals surface area contributed by atoms with E-state index in [-0.39, 0.29) is 13.2 Å². The van der Waals surface area contributed by atoms with E-state index in [0.717, 1.165) is 12.0 Å². The highest BCUT2D eigenvalue weighted by Gasteiger charge is 2.21. The van der Waals surface area contributed by atoms with Crippen LogP contribution in [-0.2, 0) is 18.3 Å². The number of likely N-dealkylation sites (N-methyl/N-ethyl adjacent to an activating group) is 1. The standard InChI is InChI=1S/C17H28NO5P/c1-18(2,3)12-16-23-24(19,20)22-14-8-7-13-21-15-11-17-9-5-4-6-10-17/h4-6,9-11,15H,7-8,12-14,16H2,1-3H3/p+1. The van der Waals surface area contributed by atoms with E-state index in [2.05, 4.69) is 0 Å². The van der Waals surface area contributed by atoms with Crippen LogP contribution in [0.2, 0.25) is 0 Å². The summed E-state index contributed by atoms with van der Waals surface area (Å²) in [7, 11) is 2.01. The van der Waals surface area contributed by atoms with Crippen LogP contribution in [0.3, 0.4) is 0 Å². The van der Waals surface area contributed by atoms with E-state index in [1.54, 1.807) is 6.26 Å². The maximum atomic E-state index is 11.7. The molecule has 0 aliphatic carbocycles. The van der Waals surface area contributed by atoms with Gasteiger partial charge in [0.05, 0.1) is 40.6 Å². The number of ether oxygens (including phenoxy) is 1. The third-order valence-electron chi connectivity index (χ3n) is 3.08. The largest absolute Gasteiger partial charge is 0.501 e. The summed E-state index contributed by atoms with van der Waals surface area (Å²) in [5.74, 6) is 0. The highest BCUT2D eigenvalue weighted by atomic mass is 31.2.